The highest BCUT2D eigenvalue weighted by Gasteiger charge is 2.21. The van der Waals surface area contributed by atoms with Gasteiger partial charge in [-0.25, -0.2) is 0 Å². The van der Waals surface area contributed by atoms with Crippen molar-refractivity contribution < 1.29 is 26.7 Å². The van der Waals surface area contributed by atoms with Crippen molar-refractivity contribution in [3.05, 3.63) is 29.8 Å². The first kappa shape index (κ1) is 29.2. The minimum atomic E-state index is 0. The molecule has 0 saturated carbocycles. The van der Waals surface area contributed by atoms with Crippen molar-refractivity contribution in [3.63, 3.8) is 0 Å². The molecule has 176 valence electrons. The zero-order valence-electron chi connectivity index (χ0n) is 20.0. The van der Waals surface area contributed by atoms with Gasteiger partial charge in [-0.3, -0.25) is 0 Å². The summed E-state index contributed by atoms with van der Waals surface area (Å²) in [4.78, 5) is 0. The number of unbranched alkanes of at least 4 members (excludes halogenated alkanes) is 12. The Morgan fingerprint density at radius 2 is 1.20 bits per heavy atom. The monoisotopic (exact) mass is 441 g/mol. The summed E-state index contributed by atoms with van der Waals surface area (Å²) in [6, 6.07) is 8.36. The SMILES string of the molecule is CCCCCCCCCCCCCCC[N+](C)(CCO)Cc1ccc(OC)cc1.[Cl-]. The minimum absolute atomic E-state index is 0. The van der Waals surface area contributed by atoms with Gasteiger partial charge in [0, 0.05) is 5.56 Å². The molecule has 1 rings (SSSR count). The van der Waals surface area contributed by atoms with Gasteiger partial charge in [0.15, 0.2) is 0 Å². The average Bonchev–Trinajstić information content (AvgIpc) is 2.72. The summed E-state index contributed by atoms with van der Waals surface area (Å²) in [5, 5.41) is 9.53. The lowest BCUT2D eigenvalue weighted by atomic mass is 10.0. The van der Waals surface area contributed by atoms with Gasteiger partial charge in [-0.1, -0.05) is 77.6 Å². The number of aliphatic hydroxyl groups excluding tert-OH is 1. The van der Waals surface area contributed by atoms with E-state index in [2.05, 4.69) is 26.1 Å². The fourth-order valence-corrected chi connectivity index (χ4v) is 4.19. The number of hydrogen-bond donors (Lipinski definition) is 1. The van der Waals surface area contributed by atoms with Gasteiger partial charge in [0.05, 0.1) is 27.3 Å². The van der Waals surface area contributed by atoms with Gasteiger partial charge in [0.25, 0.3) is 0 Å². The van der Waals surface area contributed by atoms with Gasteiger partial charge >= 0.3 is 0 Å². The molecule has 0 heterocycles. The molecule has 0 fully saturated rings. The van der Waals surface area contributed by atoms with E-state index in [9.17, 15) is 5.11 Å². The van der Waals surface area contributed by atoms with Crippen LogP contribution in [0.1, 0.15) is 96.0 Å². The van der Waals surface area contributed by atoms with Crippen LogP contribution in [-0.4, -0.2) is 43.4 Å². The van der Waals surface area contributed by atoms with E-state index in [0.717, 1.165) is 29.9 Å². The van der Waals surface area contributed by atoms with Crippen LogP contribution < -0.4 is 17.1 Å². The molecular weight excluding hydrogens is 394 g/mol. The lowest BCUT2D eigenvalue weighted by molar-refractivity contribution is -0.923. The Labute approximate surface area is 193 Å². The molecule has 0 aliphatic rings. The number of halogens is 1. The van der Waals surface area contributed by atoms with E-state index < -0.39 is 0 Å². The standard InChI is InChI=1S/C26H48NO2.ClH/c1-4-5-6-7-8-9-10-11-12-13-14-15-16-21-27(2,22-23-28)24-25-17-19-26(29-3)20-18-25;/h17-20,28H,4-16,21-24H2,1-3H3;1H/q+1;/p-1. The molecule has 0 aromatic heterocycles. The number of methoxy groups -OCH3 is 1. The number of quaternary nitrogens is 1. The highest BCUT2D eigenvalue weighted by Crippen LogP contribution is 2.18. The molecule has 1 unspecified atom stereocenters. The molecular formula is C26H48ClNO2. The lowest BCUT2D eigenvalue weighted by Gasteiger charge is -2.34. The molecule has 0 saturated heterocycles. The summed E-state index contributed by atoms with van der Waals surface area (Å²) < 4.78 is 6.17. The largest absolute Gasteiger partial charge is 1.00 e. The number of hydrogen-bond acceptors (Lipinski definition) is 2. The first-order chi connectivity index (χ1) is 14.1. The van der Waals surface area contributed by atoms with E-state index in [1.165, 1.54) is 89.0 Å². The maximum Gasteiger partial charge on any atom is 0.118 e. The van der Waals surface area contributed by atoms with Gasteiger partial charge in [0.2, 0.25) is 0 Å². The molecule has 0 amide bonds. The molecule has 4 heteroatoms. The van der Waals surface area contributed by atoms with Crippen molar-refractivity contribution in [3.8, 4) is 5.75 Å². The van der Waals surface area contributed by atoms with Crippen molar-refractivity contribution in [2.24, 2.45) is 0 Å². The molecule has 1 aromatic carbocycles. The smallest absolute Gasteiger partial charge is 0.118 e. The summed E-state index contributed by atoms with van der Waals surface area (Å²) in [6.07, 6.45) is 18.1. The molecule has 0 spiro atoms. The predicted octanol–water partition coefficient (Wildman–Crippen LogP) is 3.73. The minimum Gasteiger partial charge on any atom is -1.00 e. The summed E-state index contributed by atoms with van der Waals surface area (Å²) in [7, 11) is 3.98. The first-order valence-corrected chi connectivity index (χ1v) is 12.2. The Kier molecular flexibility index (Phi) is 18.5. The number of nitrogens with zero attached hydrogens (tertiary/aromatic N) is 1. The van der Waals surface area contributed by atoms with Crippen LogP contribution in [0, 0.1) is 0 Å². The number of likely N-dealkylation sites (N-methyl/N-ethyl adjacent to an activating group) is 1. The van der Waals surface area contributed by atoms with Crippen LogP contribution in [0.4, 0.5) is 0 Å². The number of rotatable bonds is 19. The molecule has 0 aliphatic carbocycles. The van der Waals surface area contributed by atoms with Crippen LogP contribution in [-0.2, 0) is 6.54 Å². The van der Waals surface area contributed by atoms with Crippen molar-refractivity contribution in [2.45, 2.75) is 96.9 Å². The summed E-state index contributed by atoms with van der Waals surface area (Å²) in [6.45, 7) is 5.48. The zero-order valence-corrected chi connectivity index (χ0v) is 20.8. The second kappa shape index (κ2) is 19.0. The number of benzene rings is 1. The van der Waals surface area contributed by atoms with E-state index in [1.54, 1.807) is 7.11 Å². The van der Waals surface area contributed by atoms with Crippen molar-refractivity contribution in [1.29, 1.82) is 0 Å². The Morgan fingerprint density at radius 3 is 1.63 bits per heavy atom. The van der Waals surface area contributed by atoms with Crippen molar-refractivity contribution >= 4 is 0 Å². The predicted molar refractivity (Wildman–Crippen MR) is 125 cm³/mol. The topological polar surface area (TPSA) is 29.5 Å². The van der Waals surface area contributed by atoms with Crippen LogP contribution in [0.25, 0.3) is 0 Å². The third-order valence-corrected chi connectivity index (χ3v) is 6.16. The van der Waals surface area contributed by atoms with Crippen LogP contribution in [0.5, 0.6) is 5.75 Å². The van der Waals surface area contributed by atoms with Gasteiger partial charge in [-0.2, -0.15) is 0 Å². The molecule has 1 N–H and O–H groups in total. The number of aliphatic hydroxyl groups is 1. The van der Waals surface area contributed by atoms with Gasteiger partial charge < -0.3 is 26.7 Å². The van der Waals surface area contributed by atoms with Crippen molar-refractivity contribution in [2.75, 3.05) is 33.9 Å². The van der Waals surface area contributed by atoms with Gasteiger partial charge in [-0.15, -0.1) is 0 Å². The highest BCUT2D eigenvalue weighted by atomic mass is 35.5. The molecule has 3 nitrogen and oxygen atoms in total. The summed E-state index contributed by atoms with van der Waals surface area (Å²) in [5.74, 6) is 0.904. The zero-order chi connectivity index (χ0) is 21.2. The molecule has 30 heavy (non-hydrogen) atoms. The van der Waals surface area contributed by atoms with E-state index in [-0.39, 0.29) is 19.0 Å². The van der Waals surface area contributed by atoms with Gasteiger partial charge in [0.1, 0.15) is 18.8 Å². The van der Waals surface area contributed by atoms with E-state index in [0.29, 0.717) is 0 Å². The molecule has 0 bridgehead atoms. The summed E-state index contributed by atoms with van der Waals surface area (Å²) in [5.41, 5.74) is 1.32. The third-order valence-electron chi connectivity index (χ3n) is 6.16. The Morgan fingerprint density at radius 1 is 0.733 bits per heavy atom. The Balaban J connectivity index is 0.00000841. The average molecular weight is 442 g/mol. The quantitative estimate of drug-likeness (QED) is 0.262. The van der Waals surface area contributed by atoms with Crippen LogP contribution in [0.15, 0.2) is 24.3 Å². The van der Waals surface area contributed by atoms with E-state index in [1.807, 2.05) is 12.1 Å². The number of ether oxygens (including phenoxy) is 1. The highest BCUT2D eigenvalue weighted by molar-refractivity contribution is 5.26. The van der Waals surface area contributed by atoms with E-state index >= 15 is 0 Å². The van der Waals surface area contributed by atoms with Gasteiger partial charge in [-0.05, 0) is 37.1 Å². The normalized spacial score (nSPS) is 12.9. The second-order valence-electron chi connectivity index (χ2n) is 9.04. The molecule has 1 aromatic rings. The molecule has 0 aliphatic heterocycles. The third kappa shape index (κ3) is 14.3. The Bertz CT molecular complexity index is 494. The maximum atomic E-state index is 9.53. The van der Waals surface area contributed by atoms with Crippen molar-refractivity contribution in [1.82, 2.24) is 0 Å². The van der Waals surface area contributed by atoms with Crippen LogP contribution in [0.2, 0.25) is 0 Å². The molecule has 0 radical (unpaired) electrons. The Hall–Kier alpha value is -0.770. The van der Waals surface area contributed by atoms with E-state index in [4.69, 9.17) is 4.74 Å². The first-order valence-electron chi connectivity index (χ1n) is 12.2. The lowest BCUT2D eigenvalue weighted by Crippen LogP contribution is -3.00. The van der Waals surface area contributed by atoms with Crippen LogP contribution in [0.3, 0.4) is 0 Å². The summed E-state index contributed by atoms with van der Waals surface area (Å²) >= 11 is 0. The maximum absolute atomic E-state index is 9.53. The molecule has 1 atom stereocenters. The fourth-order valence-electron chi connectivity index (χ4n) is 4.19. The second-order valence-corrected chi connectivity index (χ2v) is 9.04. The fraction of sp³-hybridized carbons (Fsp3) is 0.769. The van der Waals surface area contributed by atoms with Crippen LogP contribution >= 0.6 is 0 Å².